The normalized spacial score (nSPS) is 22.6. The lowest BCUT2D eigenvalue weighted by Gasteiger charge is -2.58. The van der Waals surface area contributed by atoms with Crippen molar-refractivity contribution in [1.82, 2.24) is 29.8 Å². The quantitative estimate of drug-likeness (QED) is 0.0484. The second-order valence-electron chi connectivity index (χ2n) is 17.9. The molecule has 0 bridgehead atoms. The van der Waals surface area contributed by atoms with Crippen molar-refractivity contribution in [3.05, 3.63) is 142 Å². The Bertz CT molecular complexity index is 2480. The van der Waals surface area contributed by atoms with Crippen LogP contribution in [0.1, 0.15) is 89.8 Å². The highest BCUT2D eigenvalue weighted by Crippen LogP contribution is 2.53. The van der Waals surface area contributed by atoms with Crippen molar-refractivity contribution in [2.45, 2.75) is 81.3 Å². The average molecular weight is 869 g/mol. The third-order valence-electron chi connectivity index (χ3n) is 13.8. The first-order valence-electron chi connectivity index (χ1n) is 22.2. The maximum atomic E-state index is 13.8. The number of benzene rings is 3. The smallest absolute Gasteiger partial charge is 0.264 e. The van der Waals surface area contributed by atoms with E-state index >= 15 is 0 Å². The number of aromatic amines is 1. The lowest BCUT2D eigenvalue weighted by atomic mass is 9.59. The molecule has 5 aromatic rings. The molecule has 328 valence electrons. The molecule has 4 aliphatic rings. The predicted molar refractivity (Wildman–Crippen MR) is 248 cm³/mol. The molecule has 4 unspecified atom stereocenters. The van der Waals surface area contributed by atoms with Crippen LogP contribution in [0.5, 0.6) is 11.5 Å². The van der Waals surface area contributed by atoms with Crippen LogP contribution in [0.15, 0.2) is 109 Å². The largest absolute Gasteiger partial charge is 0.455 e. The van der Waals surface area contributed by atoms with Gasteiger partial charge in [-0.1, -0.05) is 68.5 Å². The number of piperazine rings is 1. The van der Waals surface area contributed by atoms with Gasteiger partial charge in [0, 0.05) is 84.3 Å². The van der Waals surface area contributed by atoms with Crippen molar-refractivity contribution in [2.24, 2.45) is 5.41 Å². The highest BCUT2D eigenvalue weighted by Gasteiger charge is 2.50. The monoisotopic (exact) mass is 868 g/mol. The number of rotatable bonds is 12. The van der Waals surface area contributed by atoms with Gasteiger partial charge in [-0.25, -0.2) is 4.98 Å². The molecule has 13 nitrogen and oxygen atoms in total. The Labute approximate surface area is 372 Å². The van der Waals surface area contributed by atoms with Gasteiger partial charge < -0.3 is 24.8 Å². The summed E-state index contributed by atoms with van der Waals surface area (Å²) < 4.78 is 9.42. The number of hydrogen-bond donors (Lipinski definition) is 3. The summed E-state index contributed by atoms with van der Waals surface area (Å²) in [5.41, 5.74) is 5.80. The number of nitrogens with zero attached hydrogens (tertiary/aromatic N) is 5. The van der Waals surface area contributed by atoms with E-state index in [1.807, 2.05) is 79.0 Å². The first kappa shape index (κ1) is 42.6. The zero-order valence-corrected chi connectivity index (χ0v) is 36.9. The zero-order chi connectivity index (χ0) is 43.7. The minimum absolute atomic E-state index is 0.104. The summed E-state index contributed by atoms with van der Waals surface area (Å²) in [5.74, 6) is 1.08. The first-order valence-corrected chi connectivity index (χ1v) is 23.1. The highest BCUT2D eigenvalue weighted by molar-refractivity contribution is 7.98. The molecule has 1 spiro atoms. The van der Waals surface area contributed by atoms with E-state index in [1.165, 1.54) is 23.1 Å². The number of amides is 2. The van der Waals surface area contributed by atoms with Crippen LogP contribution in [0.3, 0.4) is 0 Å². The van der Waals surface area contributed by atoms with Crippen molar-refractivity contribution in [3.8, 4) is 11.5 Å². The van der Waals surface area contributed by atoms with Gasteiger partial charge in [0.2, 0.25) is 6.04 Å². The Hall–Kier alpha value is -5.70. The van der Waals surface area contributed by atoms with E-state index in [0.717, 1.165) is 67.6 Å². The molecule has 0 radical (unpaired) electrons. The van der Waals surface area contributed by atoms with Crippen molar-refractivity contribution >= 4 is 40.5 Å². The molecule has 14 heteroatoms. The molecule has 2 saturated heterocycles. The second-order valence-corrected chi connectivity index (χ2v) is 19.0. The van der Waals surface area contributed by atoms with Gasteiger partial charge in [-0.05, 0) is 104 Å². The fourth-order valence-electron chi connectivity index (χ4n) is 10.3. The molecule has 2 aliphatic heterocycles. The van der Waals surface area contributed by atoms with Gasteiger partial charge in [0.15, 0.2) is 0 Å². The summed E-state index contributed by atoms with van der Waals surface area (Å²) in [4.78, 5) is 53.8. The van der Waals surface area contributed by atoms with E-state index in [0.29, 0.717) is 48.5 Å². The lowest BCUT2D eigenvalue weighted by Crippen LogP contribution is -2.60. The minimum atomic E-state index is -0.782. The molecule has 9 rings (SSSR count). The SMILES string of the molecule is CNC1C=CC(SNC(=O)c2ccc(N3CCC4(CC3)CC(N3CCN(C(=O)c5ccccc5)CC3c3ccccc3C(C)C)C4)cc2Oc2cnc3[nH]ccc3c2)CC1[N+](=O)[O-]. The number of piperidine rings is 1. The second kappa shape index (κ2) is 18.2. The van der Waals surface area contributed by atoms with Crippen LogP contribution in [-0.4, -0.2) is 99.7 Å². The molecular formula is C49H56N8O5S. The van der Waals surface area contributed by atoms with E-state index < -0.39 is 6.04 Å². The molecule has 63 heavy (non-hydrogen) atoms. The summed E-state index contributed by atoms with van der Waals surface area (Å²) in [7, 11) is 1.71. The summed E-state index contributed by atoms with van der Waals surface area (Å²) in [6.45, 7) is 8.54. The molecule has 2 aromatic heterocycles. The molecular weight excluding hydrogens is 813 g/mol. The molecule has 4 heterocycles. The van der Waals surface area contributed by atoms with Gasteiger partial charge in [0.25, 0.3) is 11.8 Å². The van der Waals surface area contributed by atoms with Crippen LogP contribution in [0.25, 0.3) is 11.0 Å². The molecule has 1 saturated carbocycles. The average Bonchev–Trinajstić information content (AvgIpc) is 3.78. The van der Waals surface area contributed by atoms with Crippen molar-refractivity contribution in [3.63, 3.8) is 0 Å². The van der Waals surface area contributed by atoms with Crippen molar-refractivity contribution in [2.75, 3.05) is 44.7 Å². The van der Waals surface area contributed by atoms with Crippen LogP contribution in [0.4, 0.5) is 5.69 Å². The third kappa shape index (κ3) is 8.94. The Kier molecular flexibility index (Phi) is 12.3. The zero-order valence-electron chi connectivity index (χ0n) is 36.1. The van der Waals surface area contributed by atoms with Crippen LogP contribution >= 0.6 is 11.9 Å². The Morgan fingerprint density at radius 2 is 1.75 bits per heavy atom. The van der Waals surface area contributed by atoms with Gasteiger partial charge >= 0.3 is 0 Å². The summed E-state index contributed by atoms with van der Waals surface area (Å²) >= 11 is 1.18. The van der Waals surface area contributed by atoms with E-state index in [2.05, 4.69) is 72.8 Å². The first-order chi connectivity index (χ1) is 30.6. The number of nitrogens with one attached hydrogen (secondary N) is 3. The van der Waals surface area contributed by atoms with Gasteiger partial charge in [0.05, 0.1) is 23.8 Å². The van der Waals surface area contributed by atoms with Gasteiger partial charge in [-0.3, -0.25) is 29.3 Å². The number of nitro groups is 1. The number of likely N-dealkylation sites (N-methyl/N-ethyl adjacent to an activating group) is 1. The van der Waals surface area contributed by atoms with Gasteiger partial charge in [-0.15, -0.1) is 0 Å². The van der Waals surface area contributed by atoms with Crippen LogP contribution < -0.4 is 19.7 Å². The Balaban J connectivity index is 0.887. The van der Waals surface area contributed by atoms with Crippen molar-refractivity contribution in [1.29, 1.82) is 0 Å². The minimum Gasteiger partial charge on any atom is -0.455 e. The molecule has 3 N–H and O–H groups in total. The Morgan fingerprint density at radius 1 is 0.968 bits per heavy atom. The van der Waals surface area contributed by atoms with E-state index in [1.54, 1.807) is 13.2 Å². The maximum Gasteiger partial charge on any atom is 0.264 e. The number of hydrogen-bond acceptors (Lipinski definition) is 10. The van der Waals surface area contributed by atoms with Gasteiger partial charge in [0.1, 0.15) is 17.1 Å². The predicted octanol–water partition coefficient (Wildman–Crippen LogP) is 8.37. The lowest BCUT2D eigenvalue weighted by molar-refractivity contribution is -0.526. The topological polar surface area (TPSA) is 149 Å². The van der Waals surface area contributed by atoms with Crippen LogP contribution in [-0.2, 0) is 0 Å². The van der Waals surface area contributed by atoms with Gasteiger partial charge in [-0.2, -0.15) is 0 Å². The van der Waals surface area contributed by atoms with Crippen molar-refractivity contribution < 1.29 is 19.2 Å². The molecule has 3 fully saturated rings. The summed E-state index contributed by atoms with van der Waals surface area (Å²) in [5, 5.41) is 15.4. The van der Waals surface area contributed by atoms with Crippen LogP contribution in [0.2, 0.25) is 0 Å². The number of pyridine rings is 1. The van der Waals surface area contributed by atoms with Crippen LogP contribution in [0, 0.1) is 15.5 Å². The fraction of sp³-hybridized carbons (Fsp3) is 0.408. The standard InChI is InChI=1S/C49H56N8O5S/c1-32(2)39-11-7-8-12-40(39)44-31-55(48(59)33-9-5-4-6-10-33)23-24-56(44)36-28-49(29-36)18-21-54(22-19-49)35-13-15-41(45(26-35)62-37-25-34-17-20-51-46(34)52-30-37)47(58)53-63-38-14-16-42(50-3)43(27-38)57(60)61/h4-17,20,25-26,30,32,36,38,42-44,50H,18-19,21-24,27-29,31H2,1-3H3,(H,51,52)(H,53,58). The highest BCUT2D eigenvalue weighted by atomic mass is 32.2. The summed E-state index contributed by atoms with van der Waals surface area (Å²) in [6, 6.07) is 27.5. The number of anilines is 1. The number of H-pyrrole nitrogens is 1. The Morgan fingerprint density at radius 3 is 2.51 bits per heavy atom. The molecule has 4 atom stereocenters. The molecule has 3 aromatic carbocycles. The maximum absolute atomic E-state index is 13.8. The molecule has 2 amide bonds. The number of aromatic nitrogens is 2. The third-order valence-corrected chi connectivity index (χ3v) is 14.8. The number of fused-ring (bicyclic) bond motifs is 1. The number of ether oxygens (including phenoxy) is 1. The number of carbonyl (C=O) groups excluding carboxylic acids is 2. The van der Waals surface area contributed by atoms with E-state index in [9.17, 15) is 19.7 Å². The molecule has 2 aliphatic carbocycles. The fourth-order valence-corrected chi connectivity index (χ4v) is 11.1. The van der Waals surface area contributed by atoms with E-state index in [-0.39, 0.29) is 39.5 Å². The van der Waals surface area contributed by atoms with E-state index in [4.69, 9.17) is 4.74 Å². The number of carbonyl (C=O) groups is 2. The summed E-state index contributed by atoms with van der Waals surface area (Å²) in [6.07, 6.45) is 11.9.